The number of hydrogen-bond acceptors (Lipinski definition) is 6. The van der Waals surface area contributed by atoms with Gasteiger partial charge < -0.3 is 14.8 Å². The van der Waals surface area contributed by atoms with Crippen LogP contribution in [0.5, 0.6) is 11.5 Å². The zero-order valence-corrected chi connectivity index (χ0v) is 18.3. The van der Waals surface area contributed by atoms with Crippen LogP contribution in [0.4, 0.5) is 5.69 Å². The van der Waals surface area contributed by atoms with Gasteiger partial charge in [-0.2, -0.15) is 0 Å². The smallest absolute Gasteiger partial charge is 0.234 e. The number of nitrogens with zero attached hydrogens (tertiary/aromatic N) is 3. The standard InChI is InChI=1S/C24H20N4O3S/c1-30-20-12-11-15(13-21(20)31-2)25-22(29)14-32-24-27-17-8-4-3-7-16(17)23-26-18-9-5-6-10-19(18)28(23)24/h3-13H,14H2,1-2H3,(H,25,29). The van der Waals surface area contributed by atoms with Gasteiger partial charge in [0.1, 0.15) is 5.65 Å². The average Bonchev–Trinajstić information content (AvgIpc) is 3.22. The number of para-hydroxylation sites is 3. The molecule has 0 saturated carbocycles. The Balaban J connectivity index is 1.45. The number of fused-ring (bicyclic) bond motifs is 5. The molecule has 0 radical (unpaired) electrons. The second-order valence-corrected chi connectivity index (χ2v) is 8.02. The van der Waals surface area contributed by atoms with E-state index in [4.69, 9.17) is 19.4 Å². The molecule has 2 heterocycles. The maximum Gasteiger partial charge on any atom is 0.234 e. The molecule has 2 aromatic heterocycles. The molecule has 1 amide bonds. The molecule has 160 valence electrons. The molecule has 0 bridgehead atoms. The first-order valence-corrected chi connectivity index (χ1v) is 11.0. The zero-order chi connectivity index (χ0) is 22.1. The maximum absolute atomic E-state index is 12.7. The third-order valence-electron chi connectivity index (χ3n) is 5.11. The summed E-state index contributed by atoms with van der Waals surface area (Å²) in [4.78, 5) is 22.3. The van der Waals surface area contributed by atoms with Crippen LogP contribution in [0.2, 0.25) is 0 Å². The number of amides is 1. The number of aromatic nitrogens is 3. The first-order valence-electron chi connectivity index (χ1n) is 9.98. The third kappa shape index (κ3) is 3.58. The van der Waals surface area contributed by atoms with Gasteiger partial charge in [-0.1, -0.05) is 36.0 Å². The molecule has 0 atom stereocenters. The molecule has 0 unspecified atom stereocenters. The van der Waals surface area contributed by atoms with Crippen molar-refractivity contribution in [3.8, 4) is 11.5 Å². The van der Waals surface area contributed by atoms with E-state index in [1.54, 1.807) is 32.4 Å². The number of imidazole rings is 1. The molecule has 3 aromatic carbocycles. The van der Waals surface area contributed by atoms with Crippen LogP contribution in [-0.2, 0) is 4.79 Å². The average molecular weight is 445 g/mol. The molecule has 0 aliphatic carbocycles. The molecular formula is C24H20N4O3S. The van der Waals surface area contributed by atoms with Crippen LogP contribution in [-0.4, -0.2) is 40.2 Å². The Morgan fingerprint density at radius 3 is 2.50 bits per heavy atom. The summed E-state index contributed by atoms with van der Waals surface area (Å²) in [5, 5.41) is 4.60. The zero-order valence-electron chi connectivity index (χ0n) is 17.5. The van der Waals surface area contributed by atoms with Gasteiger partial charge in [-0.25, -0.2) is 9.97 Å². The van der Waals surface area contributed by atoms with Crippen LogP contribution in [0.1, 0.15) is 0 Å². The molecule has 0 aliphatic rings. The van der Waals surface area contributed by atoms with E-state index < -0.39 is 0 Å². The van der Waals surface area contributed by atoms with E-state index in [1.165, 1.54) is 11.8 Å². The van der Waals surface area contributed by atoms with Gasteiger partial charge in [0.2, 0.25) is 5.91 Å². The Morgan fingerprint density at radius 2 is 1.69 bits per heavy atom. The van der Waals surface area contributed by atoms with Crippen LogP contribution in [0.15, 0.2) is 71.9 Å². The Bertz CT molecular complexity index is 1460. The quantitative estimate of drug-likeness (QED) is 0.300. The third-order valence-corrected chi connectivity index (χ3v) is 6.05. The molecule has 0 aliphatic heterocycles. The van der Waals surface area contributed by atoms with Crippen molar-refractivity contribution in [3.05, 3.63) is 66.7 Å². The number of carbonyl (C=O) groups excluding carboxylic acids is 1. The number of rotatable bonds is 6. The number of ether oxygens (including phenoxy) is 2. The number of methoxy groups -OCH3 is 2. The van der Waals surface area contributed by atoms with Gasteiger partial charge in [-0.3, -0.25) is 9.20 Å². The summed E-state index contributed by atoms with van der Waals surface area (Å²) < 4.78 is 12.6. The van der Waals surface area contributed by atoms with E-state index in [0.29, 0.717) is 17.2 Å². The van der Waals surface area contributed by atoms with Crippen LogP contribution in [0.25, 0.3) is 27.6 Å². The van der Waals surface area contributed by atoms with Crippen LogP contribution in [0, 0.1) is 0 Å². The number of nitrogens with one attached hydrogen (secondary N) is 1. The van der Waals surface area contributed by atoms with E-state index in [9.17, 15) is 4.79 Å². The number of carbonyl (C=O) groups is 1. The van der Waals surface area contributed by atoms with Crippen LogP contribution < -0.4 is 14.8 Å². The molecule has 0 spiro atoms. The minimum absolute atomic E-state index is 0.144. The predicted octanol–water partition coefficient (Wildman–Crippen LogP) is 4.78. The minimum atomic E-state index is -0.144. The highest BCUT2D eigenvalue weighted by molar-refractivity contribution is 7.99. The fraction of sp³-hybridized carbons (Fsp3) is 0.125. The highest BCUT2D eigenvalue weighted by Crippen LogP contribution is 2.31. The predicted molar refractivity (Wildman–Crippen MR) is 127 cm³/mol. The molecule has 32 heavy (non-hydrogen) atoms. The second-order valence-electron chi connectivity index (χ2n) is 7.08. The van der Waals surface area contributed by atoms with Crippen LogP contribution in [0.3, 0.4) is 0 Å². The number of thioether (sulfide) groups is 1. The molecule has 0 fully saturated rings. The summed E-state index contributed by atoms with van der Waals surface area (Å²) in [6, 6.07) is 21.1. The van der Waals surface area contributed by atoms with Gasteiger partial charge in [0.25, 0.3) is 0 Å². The molecular weight excluding hydrogens is 424 g/mol. The van der Waals surface area contributed by atoms with Gasteiger partial charge in [-0.05, 0) is 36.4 Å². The lowest BCUT2D eigenvalue weighted by molar-refractivity contribution is -0.113. The van der Waals surface area contributed by atoms with Crippen molar-refractivity contribution in [1.29, 1.82) is 0 Å². The first-order chi connectivity index (χ1) is 15.7. The SMILES string of the molecule is COc1ccc(NC(=O)CSc2nc3ccccc3c3nc4ccccc4n23)cc1OC. The van der Waals surface area contributed by atoms with Crippen molar-refractivity contribution < 1.29 is 14.3 Å². The number of benzene rings is 3. The van der Waals surface area contributed by atoms with E-state index in [2.05, 4.69) is 5.32 Å². The topological polar surface area (TPSA) is 77.8 Å². The van der Waals surface area contributed by atoms with Gasteiger partial charge in [0.05, 0.1) is 36.5 Å². The number of hydrogen-bond donors (Lipinski definition) is 1. The fourth-order valence-electron chi connectivity index (χ4n) is 3.65. The fourth-order valence-corrected chi connectivity index (χ4v) is 4.46. The molecule has 1 N–H and O–H groups in total. The van der Waals surface area contributed by atoms with Crippen molar-refractivity contribution in [2.24, 2.45) is 0 Å². The summed E-state index contributed by atoms with van der Waals surface area (Å²) in [5.41, 5.74) is 4.17. The molecule has 5 rings (SSSR count). The number of anilines is 1. The van der Waals surface area contributed by atoms with E-state index in [0.717, 1.165) is 32.7 Å². The van der Waals surface area contributed by atoms with Gasteiger partial charge in [-0.15, -0.1) is 0 Å². The maximum atomic E-state index is 12.7. The first kappa shape index (κ1) is 20.1. The molecule has 8 heteroatoms. The van der Waals surface area contributed by atoms with E-state index in [1.807, 2.05) is 52.9 Å². The normalized spacial score (nSPS) is 11.2. The van der Waals surface area contributed by atoms with Crippen molar-refractivity contribution in [1.82, 2.24) is 14.4 Å². The van der Waals surface area contributed by atoms with Crippen molar-refractivity contribution in [2.45, 2.75) is 5.16 Å². The lowest BCUT2D eigenvalue weighted by Crippen LogP contribution is -2.14. The van der Waals surface area contributed by atoms with Gasteiger partial charge in [0, 0.05) is 17.1 Å². The highest BCUT2D eigenvalue weighted by Gasteiger charge is 2.15. The second kappa shape index (κ2) is 8.39. The summed E-state index contributed by atoms with van der Waals surface area (Å²) >= 11 is 1.37. The van der Waals surface area contributed by atoms with Crippen molar-refractivity contribution in [3.63, 3.8) is 0 Å². The minimum Gasteiger partial charge on any atom is -0.493 e. The lowest BCUT2D eigenvalue weighted by Gasteiger charge is -2.11. The molecule has 5 aromatic rings. The Hall–Kier alpha value is -3.78. The van der Waals surface area contributed by atoms with Crippen molar-refractivity contribution in [2.75, 3.05) is 25.3 Å². The lowest BCUT2D eigenvalue weighted by atomic mass is 10.2. The largest absolute Gasteiger partial charge is 0.493 e. The summed E-state index contributed by atoms with van der Waals surface area (Å²) in [5.74, 6) is 1.21. The van der Waals surface area contributed by atoms with Crippen molar-refractivity contribution >= 4 is 50.9 Å². The molecule has 7 nitrogen and oxygen atoms in total. The summed E-state index contributed by atoms with van der Waals surface area (Å²) in [7, 11) is 3.13. The molecule has 0 saturated heterocycles. The summed E-state index contributed by atoms with van der Waals surface area (Å²) in [6.45, 7) is 0. The van der Waals surface area contributed by atoms with Gasteiger partial charge >= 0.3 is 0 Å². The van der Waals surface area contributed by atoms with E-state index >= 15 is 0 Å². The Labute approximate surface area is 188 Å². The highest BCUT2D eigenvalue weighted by atomic mass is 32.2. The van der Waals surface area contributed by atoms with Gasteiger partial charge in [0.15, 0.2) is 16.7 Å². The monoisotopic (exact) mass is 444 g/mol. The Kier molecular flexibility index (Phi) is 5.28. The van der Waals surface area contributed by atoms with Crippen LogP contribution >= 0.6 is 11.8 Å². The van der Waals surface area contributed by atoms with E-state index in [-0.39, 0.29) is 11.7 Å². The Morgan fingerprint density at radius 1 is 0.938 bits per heavy atom. The summed E-state index contributed by atoms with van der Waals surface area (Å²) in [6.07, 6.45) is 0.